The molecule has 0 aliphatic carbocycles. The number of alkyl carbamates (subject to hydrolysis) is 1. The van der Waals surface area contributed by atoms with Crippen LogP contribution in [0.25, 0.3) is 0 Å². The molecule has 2 atom stereocenters. The number of hydrogen-bond acceptors (Lipinski definition) is 4. The summed E-state index contributed by atoms with van der Waals surface area (Å²) in [5.74, 6) is 0. The summed E-state index contributed by atoms with van der Waals surface area (Å²) >= 11 is 0. The SMILES string of the molecule is CC1NCC(NC(=O)OCc2ccccc2)N1. The summed E-state index contributed by atoms with van der Waals surface area (Å²) in [5, 5.41) is 9.07. The molecule has 1 aromatic rings. The number of carbonyl (C=O) groups is 1. The van der Waals surface area contributed by atoms with Crippen LogP contribution in [0.3, 0.4) is 0 Å². The van der Waals surface area contributed by atoms with E-state index in [1.807, 2.05) is 37.3 Å². The molecule has 0 spiro atoms. The van der Waals surface area contributed by atoms with Crippen molar-refractivity contribution in [1.82, 2.24) is 16.0 Å². The largest absolute Gasteiger partial charge is 0.445 e. The van der Waals surface area contributed by atoms with Gasteiger partial charge in [-0.3, -0.25) is 10.6 Å². The Morgan fingerprint density at radius 3 is 2.88 bits per heavy atom. The van der Waals surface area contributed by atoms with E-state index in [0.29, 0.717) is 13.2 Å². The third-order valence-corrected chi connectivity index (χ3v) is 2.58. The lowest BCUT2D eigenvalue weighted by Gasteiger charge is -2.13. The van der Waals surface area contributed by atoms with Crippen molar-refractivity contribution >= 4 is 6.09 Å². The molecule has 92 valence electrons. The Balaban J connectivity index is 1.71. The van der Waals surface area contributed by atoms with Gasteiger partial charge in [-0.05, 0) is 12.5 Å². The molecule has 1 heterocycles. The van der Waals surface area contributed by atoms with Crippen LogP contribution in [0.15, 0.2) is 30.3 Å². The number of benzene rings is 1. The molecule has 0 saturated carbocycles. The highest BCUT2D eigenvalue weighted by molar-refractivity contribution is 5.67. The molecule has 1 aromatic carbocycles. The Kier molecular flexibility index (Phi) is 3.95. The van der Waals surface area contributed by atoms with Gasteiger partial charge in [-0.1, -0.05) is 30.3 Å². The summed E-state index contributed by atoms with van der Waals surface area (Å²) in [7, 11) is 0. The molecule has 1 aliphatic heterocycles. The van der Waals surface area contributed by atoms with Crippen LogP contribution in [-0.4, -0.2) is 25.0 Å². The minimum absolute atomic E-state index is 0.0618. The van der Waals surface area contributed by atoms with E-state index in [0.717, 1.165) is 5.56 Å². The van der Waals surface area contributed by atoms with Crippen molar-refractivity contribution in [3.05, 3.63) is 35.9 Å². The number of rotatable bonds is 3. The maximum Gasteiger partial charge on any atom is 0.408 e. The predicted octanol–water partition coefficient (Wildman–Crippen LogP) is 0.778. The topological polar surface area (TPSA) is 62.4 Å². The second-order valence-corrected chi connectivity index (χ2v) is 4.06. The highest BCUT2D eigenvalue weighted by Gasteiger charge is 2.21. The maximum absolute atomic E-state index is 11.5. The average molecular weight is 235 g/mol. The molecule has 1 saturated heterocycles. The van der Waals surface area contributed by atoms with Gasteiger partial charge in [-0.2, -0.15) is 0 Å². The second kappa shape index (κ2) is 5.65. The second-order valence-electron chi connectivity index (χ2n) is 4.06. The van der Waals surface area contributed by atoms with Gasteiger partial charge in [0.05, 0.1) is 12.3 Å². The Bertz CT molecular complexity index is 369. The molecule has 2 unspecified atom stereocenters. The predicted molar refractivity (Wildman–Crippen MR) is 64.2 cm³/mol. The first-order valence-electron chi connectivity index (χ1n) is 5.71. The van der Waals surface area contributed by atoms with E-state index in [-0.39, 0.29) is 12.3 Å². The van der Waals surface area contributed by atoms with Gasteiger partial charge in [0, 0.05) is 6.54 Å². The number of hydrogen-bond donors (Lipinski definition) is 3. The van der Waals surface area contributed by atoms with E-state index >= 15 is 0 Å². The summed E-state index contributed by atoms with van der Waals surface area (Å²) in [5.41, 5.74) is 0.980. The molecule has 3 N–H and O–H groups in total. The zero-order chi connectivity index (χ0) is 12.1. The number of ether oxygens (including phenoxy) is 1. The molecule has 0 bridgehead atoms. The van der Waals surface area contributed by atoms with Gasteiger partial charge < -0.3 is 10.1 Å². The lowest BCUT2D eigenvalue weighted by molar-refractivity contribution is 0.135. The Labute approximate surface area is 101 Å². The van der Waals surface area contributed by atoms with E-state index in [1.54, 1.807) is 0 Å². The van der Waals surface area contributed by atoms with E-state index < -0.39 is 6.09 Å². The molecule has 5 nitrogen and oxygen atoms in total. The zero-order valence-electron chi connectivity index (χ0n) is 9.77. The van der Waals surface area contributed by atoms with Gasteiger partial charge in [0.1, 0.15) is 6.61 Å². The highest BCUT2D eigenvalue weighted by Crippen LogP contribution is 2.01. The van der Waals surface area contributed by atoms with Crippen molar-refractivity contribution in [3.63, 3.8) is 0 Å². The first kappa shape index (κ1) is 11.9. The highest BCUT2D eigenvalue weighted by atomic mass is 16.5. The normalized spacial score (nSPS) is 23.4. The molecule has 1 aliphatic rings. The maximum atomic E-state index is 11.5. The Hall–Kier alpha value is -1.59. The van der Waals surface area contributed by atoms with Crippen molar-refractivity contribution in [1.29, 1.82) is 0 Å². The van der Waals surface area contributed by atoms with Gasteiger partial charge >= 0.3 is 6.09 Å². The minimum Gasteiger partial charge on any atom is -0.445 e. The van der Waals surface area contributed by atoms with Crippen LogP contribution in [0.1, 0.15) is 12.5 Å². The fourth-order valence-electron chi connectivity index (χ4n) is 1.71. The average Bonchev–Trinajstić information content (AvgIpc) is 2.73. The van der Waals surface area contributed by atoms with Crippen molar-refractivity contribution < 1.29 is 9.53 Å². The summed E-state index contributed by atoms with van der Waals surface area (Å²) in [4.78, 5) is 11.5. The van der Waals surface area contributed by atoms with E-state index in [2.05, 4.69) is 16.0 Å². The van der Waals surface area contributed by atoms with Gasteiger partial charge in [0.15, 0.2) is 0 Å². The molecule has 1 fully saturated rings. The quantitative estimate of drug-likeness (QED) is 0.724. The first-order chi connectivity index (χ1) is 8.24. The monoisotopic (exact) mass is 235 g/mol. The number of amides is 1. The molecule has 0 radical (unpaired) electrons. The minimum atomic E-state index is -0.401. The Morgan fingerprint density at radius 2 is 2.24 bits per heavy atom. The summed E-state index contributed by atoms with van der Waals surface area (Å²) in [6, 6.07) is 9.61. The van der Waals surface area contributed by atoms with Crippen LogP contribution in [0, 0.1) is 0 Å². The van der Waals surface area contributed by atoms with Gasteiger partial charge in [0.2, 0.25) is 0 Å². The van der Waals surface area contributed by atoms with Crippen LogP contribution < -0.4 is 16.0 Å². The molecule has 0 aromatic heterocycles. The van der Waals surface area contributed by atoms with Crippen molar-refractivity contribution in [2.24, 2.45) is 0 Å². The summed E-state index contributed by atoms with van der Waals surface area (Å²) < 4.78 is 5.11. The lowest BCUT2D eigenvalue weighted by Crippen LogP contribution is -2.44. The van der Waals surface area contributed by atoms with E-state index in [4.69, 9.17) is 4.74 Å². The lowest BCUT2D eigenvalue weighted by atomic mass is 10.2. The fraction of sp³-hybridized carbons (Fsp3) is 0.417. The van der Waals surface area contributed by atoms with Gasteiger partial charge in [-0.25, -0.2) is 4.79 Å². The van der Waals surface area contributed by atoms with Crippen LogP contribution in [0.4, 0.5) is 4.79 Å². The van der Waals surface area contributed by atoms with Gasteiger partial charge in [-0.15, -0.1) is 0 Å². The van der Waals surface area contributed by atoms with Crippen molar-refractivity contribution in [2.45, 2.75) is 25.9 Å². The van der Waals surface area contributed by atoms with E-state index in [1.165, 1.54) is 0 Å². The summed E-state index contributed by atoms with van der Waals surface area (Å²) in [6.45, 7) is 3.00. The zero-order valence-corrected chi connectivity index (χ0v) is 9.77. The van der Waals surface area contributed by atoms with Crippen molar-refractivity contribution in [2.75, 3.05) is 6.54 Å². The Morgan fingerprint density at radius 1 is 1.47 bits per heavy atom. The van der Waals surface area contributed by atoms with Gasteiger partial charge in [0.25, 0.3) is 0 Å². The number of carbonyl (C=O) groups excluding carboxylic acids is 1. The standard InChI is InChI=1S/C12H17N3O2/c1-9-13-7-11(14-9)15-12(16)17-8-10-5-3-2-4-6-10/h2-6,9,11,13-14H,7-8H2,1H3,(H,15,16). The van der Waals surface area contributed by atoms with Crippen LogP contribution in [0.5, 0.6) is 0 Å². The number of nitrogens with one attached hydrogen (secondary N) is 3. The fourth-order valence-corrected chi connectivity index (χ4v) is 1.71. The summed E-state index contributed by atoms with van der Waals surface area (Å²) in [6.07, 6.45) is -0.245. The molecule has 1 amide bonds. The van der Waals surface area contributed by atoms with Crippen LogP contribution in [-0.2, 0) is 11.3 Å². The van der Waals surface area contributed by atoms with E-state index in [9.17, 15) is 4.79 Å². The first-order valence-corrected chi connectivity index (χ1v) is 5.71. The smallest absolute Gasteiger partial charge is 0.408 e. The molecule has 5 heteroatoms. The molecule has 17 heavy (non-hydrogen) atoms. The van der Waals surface area contributed by atoms with Crippen LogP contribution in [0.2, 0.25) is 0 Å². The molecular weight excluding hydrogens is 218 g/mol. The third-order valence-electron chi connectivity index (χ3n) is 2.58. The molecule has 2 rings (SSSR count). The molecular formula is C12H17N3O2. The van der Waals surface area contributed by atoms with Crippen molar-refractivity contribution in [3.8, 4) is 0 Å². The third kappa shape index (κ3) is 3.72. The van der Waals surface area contributed by atoms with Crippen LogP contribution >= 0.6 is 0 Å².